The normalized spacial score (nSPS) is 26.5. The maximum atomic E-state index is 11.5. The Kier molecular flexibility index (Phi) is 8.00. The number of hydrogen-bond acceptors (Lipinski definition) is 7. The van der Waals surface area contributed by atoms with E-state index < -0.39 is 18.2 Å². The summed E-state index contributed by atoms with van der Waals surface area (Å²) in [5.74, 6) is 0.330. The van der Waals surface area contributed by atoms with E-state index >= 15 is 0 Å². The molecule has 4 rings (SSSR count). The summed E-state index contributed by atoms with van der Waals surface area (Å²) in [7, 11) is 0. The summed E-state index contributed by atoms with van der Waals surface area (Å²) in [6, 6.07) is 7.01. The first-order valence-corrected chi connectivity index (χ1v) is 11.5. The number of rotatable bonds is 5. The van der Waals surface area contributed by atoms with Gasteiger partial charge in [-0.15, -0.1) is 0 Å². The second-order valence-corrected chi connectivity index (χ2v) is 9.18. The second-order valence-electron chi connectivity index (χ2n) is 9.18. The minimum absolute atomic E-state index is 0.120. The molecule has 0 unspecified atom stereocenters. The van der Waals surface area contributed by atoms with Crippen LogP contribution in [0.4, 0.5) is 4.79 Å². The van der Waals surface area contributed by atoms with E-state index in [2.05, 4.69) is 17.4 Å². The zero-order valence-electron chi connectivity index (χ0n) is 19.1. The van der Waals surface area contributed by atoms with Gasteiger partial charge >= 0.3 is 12.1 Å². The monoisotopic (exact) mass is 449 g/mol. The first-order chi connectivity index (χ1) is 15.2. The van der Waals surface area contributed by atoms with Crippen LogP contribution in [-0.4, -0.2) is 53.9 Å². The quantitative estimate of drug-likeness (QED) is 0.463. The first-order valence-electron chi connectivity index (χ1n) is 11.5. The number of hydrogen-bond donors (Lipinski definition) is 3. The third kappa shape index (κ3) is 5.53. The van der Waals surface area contributed by atoms with E-state index in [1.54, 1.807) is 13.8 Å². The first kappa shape index (κ1) is 24.3. The van der Waals surface area contributed by atoms with E-state index in [4.69, 9.17) is 24.4 Å². The Hall–Kier alpha value is -2.32. The molecule has 1 aromatic rings. The van der Waals surface area contributed by atoms with Gasteiger partial charge in [-0.25, -0.2) is 9.59 Å². The number of piperidine rings is 1. The van der Waals surface area contributed by atoms with Gasteiger partial charge in [0.2, 0.25) is 6.79 Å². The SMILES string of the molecule is CC(C)OC(=O)OCOc1ccc2c(c1)[C@@]13CCCC[C@H]1[C@@H](C2)NCC3.C[C@H](O)C(=O)O. The number of carboxylic acids is 1. The lowest BCUT2D eigenvalue weighted by atomic mass is 9.53. The number of aliphatic carboxylic acids is 1. The fourth-order valence-corrected chi connectivity index (χ4v) is 5.37. The third-order valence-corrected chi connectivity index (χ3v) is 6.71. The largest absolute Gasteiger partial charge is 0.511 e. The fourth-order valence-electron chi connectivity index (χ4n) is 5.37. The van der Waals surface area contributed by atoms with E-state index in [1.165, 1.54) is 50.2 Å². The predicted octanol–water partition coefficient (Wildman–Crippen LogP) is 3.38. The molecule has 178 valence electrons. The van der Waals surface area contributed by atoms with Crippen LogP contribution in [0.2, 0.25) is 0 Å². The van der Waals surface area contributed by atoms with Gasteiger partial charge in [-0.2, -0.15) is 0 Å². The molecule has 3 aliphatic rings. The summed E-state index contributed by atoms with van der Waals surface area (Å²) in [6.45, 7) is 5.76. The zero-order chi connectivity index (χ0) is 23.3. The molecule has 0 aromatic heterocycles. The van der Waals surface area contributed by atoms with Crippen LogP contribution in [0, 0.1) is 5.92 Å². The Labute approximate surface area is 189 Å². The molecule has 3 N–H and O–H groups in total. The number of fused-ring (bicyclic) bond motifs is 1. The van der Waals surface area contributed by atoms with Gasteiger partial charge in [0.15, 0.2) is 0 Å². The van der Waals surface area contributed by atoms with Crippen molar-refractivity contribution in [2.45, 2.75) is 83.0 Å². The lowest BCUT2D eigenvalue weighted by Gasteiger charge is -2.56. The van der Waals surface area contributed by atoms with Crippen molar-refractivity contribution < 1.29 is 34.0 Å². The molecule has 4 atom stereocenters. The molecular formula is C24H35NO7. The van der Waals surface area contributed by atoms with Gasteiger partial charge in [0, 0.05) is 11.5 Å². The van der Waals surface area contributed by atoms with E-state index in [9.17, 15) is 9.59 Å². The Bertz CT molecular complexity index is 806. The van der Waals surface area contributed by atoms with Gasteiger partial charge < -0.3 is 29.7 Å². The number of carbonyl (C=O) groups is 2. The fraction of sp³-hybridized carbons (Fsp3) is 0.667. The standard InChI is InChI=1S/C21H29NO4.C3H6O3/c1-14(2)26-20(23)25-13-24-16-7-6-15-11-19-17-5-3-4-8-21(17,9-10-22-19)18(15)12-16;1-2(4)3(5)6/h6-7,12,14,17,19,22H,3-5,8-11,13H2,1-2H3;2,4H,1H3,(H,5,6)/t17-,19+,21+;2-/m00/s1. The smallest absolute Gasteiger partial charge is 0.479 e. The average molecular weight is 450 g/mol. The molecule has 0 amide bonds. The van der Waals surface area contributed by atoms with Crippen LogP contribution in [-0.2, 0) is 26.1 Å². The van der Waals surface area contributed by atoms with Crippen molar-refractivity contribution in [3.05, 3.63) is 29.3 Å². The summed E-state index contributed by atoms with van der Waals surface area (Å²) in [5, 5.41) is 19.5. The van der Waals surface area contributed by atoms with Crippen molar-refractivity contribution in [1.82, 2.24) is 5.32 Å². The molecule has 32 heavy (non-hydrogen) atoms. The lowest BCUT2D eigenvalue weighted by molar-refractivity contribution is -0.145. The van der Waals surface area contributed by atoms with Gasteiger partial charge in [0.1, 0.15) is 11.9 Å². The van der Waals surface area contributed by atoms with Crippen molar-refractivity contribution in [3.8, 4) is 5.75 Å². The molecule has 1 aliphatic heterocycles. The van der Waals surface area contributed by atoms with Gasteiger partial charge in [-0.1, -0.05) is 18.9 Å². The molecular weight excluding hydrogens is 414 g/mol. The summed E-state index contributed by atoms with van der Waals surface area (Å²) in [5.41, 5.74) is 3.23. The molecule has 0 radical (unpaired) electrons. The third-order valence-electron chi connectivity index (χ3n) is 6.71. The van der Waals surface area contributed by atoms with Crippen LogP contribution in [0.3, 0.4) is 0 Å². The van der Waals surface area contributed by atoms with Crippen LogP contribution in [0.1, 0.15) is 64.0 Å². The van der Waals surface area contributed by atoms with E-state index in [0.29, 0.717) is 11.5 Å². The molecule has 1 heterocycles. The number of nitrogens with one attached hydrogen (secondary N) is 1. The van der Waals surface area contributed by atoms with E-state index in [1.807, 2.05) is 6.07 Å². The summed E-state index contributed by atoms with van der Waals surface area (Å²) >= 11 is 0. The molecule has 2 fully saturated rings. The molecule has 1 aromatic carbocycles. The van der Waals surface area contributed by atoms with E-state index in [0.717, 1.165) is 24.6 Å². The highest BCUT2D eigenvalue weighted by Crippen LogP contribution is 2.54. The van der Waals surface area contributed by atoms with Crippen molar-refractivity contribution in [2.24, 2.45) is 5.92 Å². The van der Waals surface area contributed by atoms with Crippen molar-refractivity contribution >= 4 is 12.1 Å². The van der Waals surface area contributed by atoms with Crippen molar-refractivity contribution in [2.75, 3.05) is 13.3 Å². The van der Waals surface area contributed by atoms with Crippen LogP contribution in [0.5, 0.6) is 5.75 Å². The van der Waals surface area contributed by atoms with Gasteiger partial charge in [0.25, 0.3) is 0 Å². The highest BCUT2D eigenvalue weighted by Gasteiger charge is 2.51. The molecule has 2 bridgehead atoms. The number of carbonyl (C=O) groups excluding carboxylic acids is 1. The molecule has 8 heteroatoms. The summed E-state index contributed by atoms with van der Waals surface area (Å²) in [4.78, 5) is 20.9. The summed E-state index contributed by atoms with van der Waals surface area (Å²) < 4.78 is 15.6. The van der Waals surface area contributed by atoms with Crippen molar-refractivity contribution in [3.63, 3.8) is 0 Å². The minimum Gasteiger partial charge on any atom is -0.479 e. The number of benzene rings is 1. The van der Waals surface area contributed by atoms with Crippen LogP contribution in [0.25, 0.3) is 0 Å². The van der Waals surface area contributed by atoms with Crippen LogP contribution < -0.4 is 10.1 Å². The highest BCUT2D eigenvalue weighted by atomic mass is 16.8. The topological polar surface area (TPSA) is 114 Å². The Balaban J connectivity index is 0.000000427. The average Bonchev–Trinajstić information content (AvgIpc) is 2.74. The Morgan fingerprint density at radius 3 is 2.66 bits per heavy atom. The lowest BCUT2D eigenvalue weighted by Crippen LogP contribution is -2.59. The van der Waals surface area contributed by atoms with E-state index in [-0.39, 0.29) is 12.9 Å². The number of aliphatic hydroxyl groups is 1. The van der Waals surface area contributed by atoms with Gasteiger partial charge in [-0.05, 0) is 82.2 Å². The maximum Gasteiger partial charge on any atom is 0.511 e. The molecule has 2 aliphatic carbocycles. The highest BCUT2D eigenvalue weighted by molar-refractivity contribution is 5.71. The molecule has 8 nitrogen and oxygen atoms in total. The van der Waals surface area contributed by atoms with Crippen LogP contribution >= 0.6 is 0 Å². The molecule has 0 spiro atoms. The van der Waals surface area contributed by atoms with Gasteiger partial charge in [-0.3, -0.25) is 0 Å². The molecule has 1 saturated heterocycles. The van der Waals surface area contributed by atoms with Gasteiger partial charge in [0.05, 0.1) is 6.10 Å². The predicted molar refractivity (Wildman–Crippen MR) is 118 cm³/mol. The number of ether oxygens (including phenoxy) is 3. The minimum atomic E-state index is -1.23. The maximum absolute atomic E-state index is 11.5. The zero-order valence-corrected chi connectivity index (χ0v) is 19.1. The molecule has 1 saturated carbocycles. The number of aliphatic hydroxyl groups excluding tert-OH is 1. The summed E-state index contributed by atoms with van der Waals surface area (Å²) in [6.07, 6.45) is 5.48. The Morgan fingerprint density at radius 2 is 1.97 bits per heavy atom. The number of carboxylic acid groups (broad SMARTS) is 1. The van der Waals surface area contributed by atoms with Crippen molar-refractivity contribution in [1.29, 1.82) is 0 Å². The van der Waals surface area contributed by atoms with Crippen LogP contribution in [0.15, 0.2) is 18.2 Å². The second kappa shape index (κ2) is 10.5. The Morgan fingerprint density at radius 1 is 1.22 bits per heavy atom.